The smallest absolute Gasteiger partial charge is 0.328 e. The van der Waals surface area contributed by atoms with E-state index in [9.17, 15) is 14.4 Å². The molecule has 0 bridgehead atoms. The molecule has 7 nitrogen and oxygen atoms in total. The predicted octanol–water partition coefficient (Wildman–Crippen LogP) is 0.0365. The molecule has 0 aliphatic rings. The van der Waals surface area contributed by atoms with Crippen LogP contribution in [-0.4, -0.2) is 35.0 Å². The molecule has 2 atom stereocenters. The molecule has 1 amide bonds. The molecule has 1 rings (SSSR count). The summed E-state index contributed by atoms with van der Waals surface area (Å²) in [5, 5.41) is 10.9. The molecule has 0 aromatic heterocycles. The van der Waals surface area contributed by atoms with E-state index in [1.807, 2.05) is 18.2 Å². The number of carbonyl (C=O) groups excluding carboxylic acids is 2. The Morgan fingerprint density at radius 1 is 1.29 bits per heavy atom. The number of carboxylic acid groups (broad SMARTS) is 1. The van der Waals surface area contributed by atoms with Crippen molar-refractivity contribution in [3.8, 4) is 0 Å². The van der Waals surface area contributed by atoms with Crippen LogP contribution in [0.5, 0.6) is 0 Å². The summed E-state index contributed by atoms with van der Waals surface area (Å²) in [6.45, 7) is 1.54. The van der Waals surface area contributed by atoms with Crippen molar-refractivity contribution in [3.63, 3.8) is 0 Å². The van der Waals surface area contributed by atoms with Gasteiger partial charge < -0.3 is 20.9 Å². The number of amides is 1. The summed E-state index contributed by atoms with van der Waals surface area (Å²) in [4.78, 5) is 33.7. The Hall–Kier alpha value is -2.41. The summed E-state index contributed by atoms with van der Waals surface area (Å²) < 4.78 is 5.04. The number of nitrogens with one attached hydrogen (secondary N) is 1. The lowest BCUT2D eigenvalue weighted by Gasteiger charge is -2.16. The zero-order valence-corrected chi connectivity index (χ0v) is 11.6. The van der Waals surface area contributed by atoms with Crippen LogP contribution in [0.15, 0.2) is 30.3 Å². The third-order valence-corrected chi connectivity index (χ3v) is 2.67. The van der Waals surface area contributed by atoms with E-state index in [1.165, 1.54) is 6.92 Å². The van der Waals surface area contributed by atoms with Crippen LogP contribution >= 0.6 is 0 Å². The molecule has 0 unspecified atom stereocenters. The van der Waals surface area contributed by atoms with Crippen LogP contribution < -0.4 is 11.1 Å². The number of carbonyl (C=O) groups is 3. The minimum absolute atomic E-state index is 0.0983. The van der Waals surface area contributed by atoms with E-state index in [0.717, 1.165) is 5.56 Å². The summed E-state index contributed by atoms with van der Waals surface area (Å²) >= 11 is 0. The van der Waals surface area contributed by atoms with Crippen LogP contribution in [0, 0.1) is 0 Å². The summed E-state index contributed by atoms with van der Waals surface area (Å²) in [6.07, 6.45) is -0.502. The van der Waals surface area contributed by atoms with Gasteiger partial charge in [-0.25, -0.2) is 4.79 Å². The highest BCUT2D eigenvalue weighted by molar-refractivity contribution is 5.89. The van der Waals surface area contributed by atoms with Crippen LogP contribution in [0.25, 0.3) is 0 Å². The van der Waals surface area contributed by atoms with Gasteiger partial charge in [-0.15, -0.1) is 0 Å². The number of hydrogen-bond donors (Lipinski definition) is 3. The molecule has 114 valence electrons. The lowest BCUT2D eigenvalue weighted by molar-refractivity contribution is -0.148. The zero-order chi connectivity index (χ0) is 15.8. The number of nitrogens with two attached hydrogens (primary N) is 1. The molecule has 0 aliphatic heterocycles. The minimum atomic E-state index is -1.20. The van der Waals surface area contributed by atoms with Gasteiger partial charge >= 0.3 is 11.9 Å². The van der Waals surface area contributed by atoms with Crippen LogP contribution in [0.4, 0.5) is 0 Å². The number of ether oxygens (including phenoxy) is 1. The number of hydrogen-bond acceptors (Lipinski definition) is 5. The van der Waals surface area contributed by atoms with Gasteiger partial charge in [0.1, 0.15) is 12.6 Å². The van der Waals surface area contributed by atoms with Gasteiger partial charge in [-0.3, -0.25) is 9.59 Å². The fraction of sp³-hybridized carbons (Fsp3) is 0.357. The molecule has 4 N–H and O–H groups in total. The number of carboxylic acids is 1. The molecule has 0 spiro atoms. The Morgan fingerprint density at radius 2 is 1.90 bits per heavy atom. The number of benzene rings is 1. The first-order valence-corrected chi connectivity index (χ1v) is 6.38. The Kier molecular flexibility index (Phi) is 6.35. The first kappa shape index (κ1) is 16.6. The molecular weight excluding hydrogens is 276 g/mol. The fourth-order valence-electron chi connectivity index (χ4n) is 1.51. The monoisotopic (exact) mass is 294 g/mol. The van der Waals surface area contributed by atoms with E-state index in [-0.39, 0.29) is 6.61 Å². The van der Waals surface area contributed by atoms with Gasteiger partial charge in [0.2, 0.25) is 5.91 Å². The number of rotatable bonds is 7. The van der Waals surface area contributed by atoms with Crippen LogP contribution in [0.2, 0.25) is 0 Å². The van der Waals surface area contributed by atoms with Gasteiger partial charge in [-0.1, -0.05) is 30.3 Å². The standard InChI is InChI=1S/C14H18N2O5/c1-9(16-13(19)11(15)7-12(17)18)14(20)21-8-10-5-3-2-4-6-10/h2-6,9,11H,7-8,15H2,1H3,(H,16,19)(H,17,18)/t9-,11-/m0/s1. The van der Waals surface area contributed by atoms with Crippen molar-refractivity contribution in [2.24, 2.45) is 5.73 Å². The van der Waals surface area contributed by atoms with E-state index in [4.69, 9.17) is 15.6 Å². The lowest BCUT2D eigenvalue weighted by Crippen LogP contribution is -2.48. The van der Waals surface area contributed by atoms with Gasteiger partial charge in [0.25, 0.3) is 0 Å². The average Bonchev–Trinajstić information content (AvgIpc) is 2.44. The maximum absolute atomic E-state index is 11.7. The fourth-order valence-corrected chi connectivity index (χ4v) is 1.51. The highest BCUT2D eigenvalue weighted by atomic mass is 16.5. The molecule has 0 fully saturated rings. The first-order valence-electron chi connectivity index (χ1n) is 6.38. The average molecular weight is 294 g/mol. The molecule has 0 radical (unpaired) electrons. The SMILES string of the molecule is C[C@H](NC(=O)[C@@H](N)CC(=O)O)C(=O)OCc1ccccc1. The van der Waals surface area contributed by atoms with Gasteiger partial charge in [0.15, 0.2) is 0 Å². The van der Waals surface area contributed by atoms with Gasteiger partial charge in [-0.05, 0) is 12.5 Å². The molecular formula is C14H18N2O5. The second kappa shape index (κ2) is 8.01. The Balaban J connectivity index is 2.40. The molecule has 0 aliphatic carbocycles. The van der Waals surface area contributed by atoms with Crippen molar-refractivity contribution in [3.05, 3.63) is 35.9 Å². The van der Waals surface area contributed by atoms with Crippen molar-refractivity contribution in [1.82, 2.24) is 5.32 Å². The Labute approximate surface area is 122 Å². The lowest BCUT2D eigenvalue weighted by atomic mass is 10.2. The Bertz CT molecular complexity index is 503. The minimum Gasteiger partial charge on any atom is -0.481 e. The third kappa shape index (κ3) is 6.05. The molecule has 0 heterocycles. The van der Waals surface area contributed by atoms with Crippen molar-refractivity contribution in [1.29, 1.82) is 0 Å². The second-order valence-electron chi connectivity index (χ2n) is 4.53. The number of aliphatic carboxylic acids is 1. The highest BCUT2D eigenvalue weighted by Gasteiger charge is 2.22. The Morgan fingerprint density at radius 3 is 2.48 bits per heavy atom. The van der Waals surface area contributed by atoms with E-state index in [0.29, 0.717) is 0 Å². The topological polar surface area (TPSA) is 119 Å². The van der Waals surface area contributed by atoms with Gasteiger partial charge in [0.05, 0.1) is 12.5 Å². The summed E-state index contributed by atoms with van der Waals surface area (Å²) in [5.74, 6) is -2.51. The van der Waals surface area contributed by atoms with E-state index >= 15 is 0 Å². The molecule has 0 saturated heterocycles. The van der Waals surface area contributed by atoms with E-state index < -0.39 is 36.4 Å². The summed E-state index contributed by atoms with van der Waals surface area (Å²) in [6, 6.07) is 6.99. The zero-order valence-electron chi connectivity index (χ0n) is 11.6. The summed E-state index contributed by atoms with van der Waals surface area (Å²) in [7, 11) is 0. The van der Waals surface area contributed by atoms with Gasteiger partial charge in [-0.2, -0.15) is 0 Å². The van der Waals surface area contributed by atoms with Crippen LogP contribution in [-0.2, 0) is 25.7 Å². The van der Waals surface area contributed by atoms with E-state index in [2.05, 4.69) is 5.32 Å². The van der Waals surface area contributed by atoms with Gasteiger partial charge in [0, 0.05) is 0 Å². The molecule has 0 saturated carbocycles. The molecule has 21 heavy (non-hydrogen) atoms. The largest absolute Gasteiger partial charge is 0.481 e. The first-order chi connectivity index (χ1) is 9.90. The second-order valence-corrected chi connectivity index (χ2v) is 4.53. The van der Waals surface area contributed by atoms with Crippen LogP contribution in [0.3, 0.4) is 0 Å². The van der Waals surface area contributed by atoms with Crippen molar-refractivity contribution in [2.45, 2.75) is 32.0 Å². The van der Waals surface area contributed by atoms with Crippen LogP contribution in [0.1, 0.15) is 18.9 Å². The highest BCUT2D eigenvalue weighted by Crippen LogP contribution is 2.02. The predicted molar refractivity (Wildman–Crippen MR) is 74.1 cm³/mol. The molecule has 7 heteroatoms. The maximum Gasteiger partial charge on any atom is 0.328 e. The van der Waals surface area contributed by atoms with E-state index in [1.54, 1.807) is 12.1 Å². The molecule has 1 aromatic carbocycles. The summed E-state index contributed by atoms with van der Waals surface area (Å²) in [5.41, 5.74) is 6.21. The normalized spacial score (nSPS) is 13.0. The molecule has 1 aromatic rings. The van der Waals surface area contributed by atoms with Crippen molar-refractivity contribution < 1.29 is 24.2 Å². The quantitative estimate of drug-likeness (QED) is 0.611. The number of esters is 1. The van der Waals surface area contributed by atoms with Crippen molar-refractivity contribution >= 4 is 17.8 Å². The third-order valence-electron chi connectivity index (χ3n) is 2.67. The van der Waals surface area contributed by atoms with Crippen molar-refractivity contribution in [2.75, 3.05) is 0 Å². The maximum atomic E-state index is 11.7.